The Balaban J connectivity index is 8.87. The molecule has 380 valence electrons. The molecule has 42 heteroatoms. The third-order valence-electron chi connectivity index (χ3n) is 7.70. The molecule has 0 saturated heterocycles. The zero-order chi connectivity index (χ0) is 54.0. The molecule has 0 spiro atoms. The predicted molar refractivity (Wildman–Crippen MR) is 116 cm³/mol. The van der Waals surface area contributed by atoms with Gasteiger partial charge in [-0.2, -0.15) is 136 Å². The predicted octanol–water partition coefficient (Wildman–Crippen LogP) is 9.06. The highest BCUT2D eigenvalue weighted by Gasteiger charge is 2.97. The van der Waals surface area contributed by atoms with Gasteiger partial charge in [0.25, 0.3) is 28.9 Å². The first-order valence-electron chi connectivity index (χ1n) is 13.5. The first kappa shape index (κ1) is 60.5. The Labute approximate surface area is 324 Å². The highest BCUT2D eigenvalue weighted by atomic mass is 19.5. The Morgan fingerprint density at radius 3 is 0.523 bits per heavy atom. The maximum atomic E-state index is 15.1. The quantitative estimate of drug-likeness (QED) is 0.0870. The molecule has 6 nitrogen and oxygen atoms in total. The van der Waals surface area contributed by atoms with E-state index >= 15 is 8.78 Å². The lowest BCUT2D eigenvalue weighted by Crippen LogP contribution is -2.80. The van der Waals surface area contributed by atoms with Crippen LogP contribution < -0.4 is 0 Å². The fourth-order valence-electron chi connectivity index (χ4n) is 4.15. The molecule has 0 aromatic heterocycles. The number of carbonyl (C=O) groups is 6. The standard InChI is InChI=1S/C23F36O6/c24-6(65)7(25,18(42,43)44)1(60)12(30,31)8(26,19(45,46)47)2(61)13(32,33)9(27,20(48,49)50)3(62)14(34,35)10(28,21(51,52)53)4(63)15(36,37)11(29,22(54,55)56)5(64)16(38,39)17(40,41)23(57,58)59. The summed E-state index contributed by atoms with van der Waals surface area (Å²) in [5.41, 5.74) is -47.9. The Morgan fingerprint density at radius 2 is 0.385 bits per heavy atom. The fourth-order valence-corrected chi connectivity index (χ4v) is 4.15. The van der Waals surface area contributed by atoms with Crippen molar-refractivity contribution in [3.05, 3.63) is 0 Å². The number of rotatable bonds is 16. The van der Waals surface area contributed by atoms with Crippen molar-refractivity contribution >= 4 is 35.0 Å². The monoisotopic (exact) mass is 1060 g/mol. The summed E-state index contributed by atoms with van der Waals surface area (Å²) in [5.74, 6) is -92.7. The van der Waals surface area contributed by atoms with E-state index in [1.807, 2.05) is 0 Å². The molecule has 0 aliphatic rings. The molecule has 65 heavy (non-hydrogen) atoms. The largest absolute Gasteiger partial charge is 0.460 e. The van der Waals surface area contributed by atoms with E-state index in [4.69, 9.17) is 0 Å². The van der Waals surface area contributed by atoms with Crippen LogP contribution in [-0.4, -0.2) is 136 Å². The first-order valence-corrected chi connectivity index (χ1v) is 13.5. The van der Waals surface area contributed by atoms with E-state index in [1.54, 1.807) is 0 Å². The van der Waals surface area contributed by atoms with Gasteiger partial charge < -0.3 is 0 Å². The minimum atomic E-state index is -10.2. The van der Waals surface area contributed by atoms with Gasteiger partial charge in [-0.05, 0) is 0 Å². The lowest BCUT2D eigenvalue weighted by atomic mass is 9.72. The highest BCUT2D eigenvalue weighted by molar-refractivity contribution is 6.16. The topological polar surface area (TPSA) is 102 Å². The fraction of sp³-hybridized carbons (Fsp3) is 0.739. The average molecular weight is 1060 g/mol. The van der Waals surface area contributed by atoms with Crippen molar-refractivity contribution in [1.82, 2.24) is 0 Å². The van der Waals surface area contributed by atoms with Crippen LogP contribution in [0.1, 0.15) is 0 Å². The van der Waals surface area contributed by atoms with Crippen LogP contribution in [0.5, 0.6) is 0 Å². The van der Waals surface area contributed by atoms with Gasteiger partial charge in [0, 0.05) is 0 Å². The van der Waals surface area contributed by atoms with Gasteiger partial charge in [-0.1, -0.05) is 0 Å². The van der Waals surface area contributed by atoms with Crippen LogP contribution in [0, 0.1) is 0 Å². The van der Waals surface area contributed by atoms with Gasteiger partial charge in [-0.15, -0.1) is 0 Å². The molecule has 0 fully saturated rings. The van der Waals surface area contributed by atoms with Crippen LogP contribution in [-0.2, 0) is 28.8 Å². The summed E-state index contributed by atoms with van der Waals surface area (Å²) in [6.07, 6.45) is -54.5. The Morgan fingerprint density at radius 1 is 0.215 bits per heavy atom. The van der Waals surface area contributed by atoms with Crippen LogP contribution in [0.25, 0.3) is 0 Å². The SMILES string of the molecule is O=C(F)C(F)(C(=O)C(F)(F)C(F)(C(=O)C(F)(F)C(F)(C(=O)C(F)(F)C(F)(C(=O)C(F)(F)C(F)(C(=O)C(F)(F)C(F)(F)C(F)(F)F)C(F)(F)F)C(F)(F)F)C(F)(F)F)C(F)(F)F)C(F)(F)F. The Bertz CT molecular complexity index is 1940. The number of hydrogen-bond acceptors (Lipinski definition) is 6. The van der Waals surface area contributed by atoms with Gasteiger partial charge in [-0.25, -0.2) is 22.0 Å². The summed E-state index contributed by atoms with van der Waals surface area (Å²) < 4.78 is 494. The van der Waals surface area contributed by atoms with Gasteiger partial charge in [-0.3, -0.25) is 28.8 Å². The van der Waals surface area contributed by atoms with Gasteiger partial charge in [0.15, 0.2) is 0 Å². The third kappa shape index (κ3) is 7.64. The lowest BCUT2D eigenvalue weighted by molar-refractivity contribution is -0.355. The molecule has 0 amide bonds. The molecule has 0 aliphatic carbocycles. The molecule has 0 aromatic carbocycles. The summed E-state index contributed by atoms with van der Waals surface area (Å²) in [7, 11) is 0. The van der Waals surface area contributed by atoms with Crippen molar-refractivity contribution in [1.29, 1.82) is 0 Å². The number of carbonyl (C=O) groups excluding carboxylic acids is 6. The van der Waals surface area contributed by atoms with Crippen LogP contribution in [0.15, 0.2) is 0 Å². The van der Waals surface area contributed by atoms with E-state index in [2.05, 4.69) is 0 Å². The van der Waals surface area contributed by atoms with Gasteiger partial charge in [0.1, 0.15) is 0 Å². The van der Waals surface area contributed by atoms with Gasteiger partial charge in [0.2, 0.25) is 0 Å². The molecule has 0 heterocycles. The van der Waals surface area contributed by atoms with E-state index in [1.165, 1.54) is 0 Å². The molecule has 0 rings (SSSR count). The molecule has 5 atom stereocenters. The van der Waals surface area contributed by atoms with Crippen molar-refractivity contribution in [3.63, 3.8) is 0 Å². The minimum Gasteiger partial charge on any atom is -0.288 e. The smallest absolute Gasteiger partial charge is 0.288 e. The first-order chi connectivity index (χ1) is 27.5. The van der Waals surface area contributed by atoms with Gasteiger partial charge >= 0.3 is 107 Å². The lowest BCUT2D eigenvalue weighted by Gasteiger charge is -2.43. The second-order valence-corrected chi connectivity index (χ2v) is 11.6. The average Bonchev–Trinajstić information content (AvgIpc) is 3.07. The molecule has 5 unspecified atom stereocenters. The van der Waals surface area contributed by atoms with Crippen molar-refractivity contribution in [2.24, 2.45) is 0 Å². The number of halogens is 36. The summed E-state index contributed by atoms with van der Waals surface area (Å²) >= 11 is 0. The molecule has 0 bridgehead atoms. The Kier molecular flexibility index (Phi) is 14.2. The number of alkyl halides is 35. The van der Waals surface area contributed by atoms with Gasteiger partial charge in [0.05, 0.1) is 0 Å². The molecular formula is C23F36O6. The van der Waals surface area contributed by atoms with Crippen LogP contribution in [0.3, 0.4) is 0 Å². The van der Waals surface area contributed by atoms with Crippen LogP contribution in [0.4, 0.5) is 158 Å². The molecular weight excluding hydrogens is 1060 g/mol. The van der Waals surface area contributed by atoms with E-state index in [0.29, 0.717) is 0 Å². The molecule has 0 aliphatic heterocycles. The van der Waals surface area contributed by atoms with Crippen molar-refractivity contribution in [3.8, 4) is 0 Å². The molecule has 0 aromatic rings. The van der Waals surface area contributed by atoms with Crippen LogP contribution in [0.2, 0.25) is 0 Å². The second-order valence-electron chi connectivity index (χ2n) is 11.6. The third-order valence-corrected chi connectivity index (χ3v) is 7.70. The molecule has 0 radical (unpaired) electrons. The second kappa shape index (κ2) is 15.3. The van der Waals surface area contributed by atoms with E-state index < -0.39 is 136 Å². The number of Topliss-reactive ketones (excluding diaryl/α,β-unsaturated/α-hetero) is 5. The van der Waals surface area contributed by atoms with Crippen molar-refractivity contribution in [2.75, 3.05) is 0 Å². The maximum absolute atomic E-state index is 15.1. The number of hydrogen-bond donors (Lipinski definition) is 0. The zero-order valence-electron chi connectivity index (χ0n) is 27.6. The molecule has 0 N–H and O–H groups in total. The summed E-state index contributed by atoms with van der Waals surface area (Å²) in [5, 5.41) is 0. The highest BCUT2D eigenvalue weighted by Crippen LogP contribution is 2.62. The summed E-state index contributed by atoms with van der Waals surface area (Å²) in [6.45, 7) is 0. The van der Waals surface area contributed by atoms with Crippen molar-refractivity contribution < 1.29 is 187 Å². The van der Waals surface area contributed by atoms with Crippen molar-refractivity contribution in [2.45, 2.75) is 101 Å². The zero-order valence-corrected chi connectivity index (χ0v) is 27.6. The normalized spacial score (nSPS) is 19.8. The van der Waals surface area contributed by atoms with E-state index in [0.717, 1.165) is 0 Å². The minimum absolute atomic E-state index is 5.54. The maximum Gasteiger partial charge on any atom is 0.460 e. The number of ketones is 5. The van der Waals surface area contributed by atoms with E-state index in [9.17, 15) is 178 Å². The summed E-state index contributed by atoms with van der Waals surface area (Å²) in [6, 6.07) is -5.54. The van der Waals surface area contributed by atoms with Crippen LogP contribution >= 0.6 is 0 Å². The van der Waals surface area contributed by atoms with E-state index in [-0.39, 0.29) is 0 Å². The summed E-state index contributed by atoms with van der Waals surface area (Å²) in [4.78, 5) is 68.2. The Hall–Kier alpha value is -4.50. The molecule has 0 saturated carbocycles.